The van der Waals surface area contributed by atoms with E-state index in [0.717, 1.165) is 24.1 Å². The van der Waals surface area contributed by atoms with E-state index in [-0.39, 0.29) is 5.91 Å². The number of thiocarbonyl (C=S) groups is 1. The Morgan fingerprint density at radius 3 is 2.75 bits per heavy atom. The van der Waals surface area contributed by atoms with Gasteiger partial charge in [-0.05, 0) is 68.3 Å². The Morgan fingerprint density at radius 2 is 1.92 bits per heavy atom. The fourth-order valence-corrected chi connectivity index (χ4v) is 5.04. The SMILES string of the molecule is C[C@H]1CCCC[C@@H]1NC(=S)NNC(=O)c1cc2c(s1)CCCCC2. The Kier molecular flexibility index (Phi) is 6.11. The molecule has 0 radical (unpaired) electrons. The van der Waals surface area contributed by atoms with Crippen molar-refractivity contribution in [2.24, 2.45) is 5.92 Å². The maximum atomic E-state index is 12.4. The Hall–Kier alpha value is -1.14. The van der Waals surface area contributed by atoms with Gasteiger partial charge in [0.1, 0.15) is 0 Å². The summed E-state index contributed by atoms with van der Waals surface area (Å²) in [5.74, 6) is 0.538. The van der Waals surface area contributed by atoms with Gasteiger partial charge < -0.3 is 5.32 Å². The van der Waals surface area contributed by atoms with E-state index in [4.69, 9.17) is 12.2 Å². The standard InChI is InChI=1S/C18H27N3OS2/c1-12-7-5-6-9-14(12)19-18(23)21-20-17(22)16-11-13-8-3-2-4-10-15(13)24-16/h11-12,14H,2-10H2,1H3,(H,20,22)(H2,19,21,23)/t12-,14-/m0/s1. The number of hydrogen-bond donors (Lipinski definition) is 3. The zero-order valence-electron chi connectivity index (χ0n) is 14.3. The summed E-state index contributed by atoms with van der Waals surface area (Å²) >= 11 is 6.96. The predicted octanol–water partition coefficient (Wildman–Crippen LogP) is 3.70. The monoisotopic (exact) mass is 365 g/mol. The van der Waals surface area contributed by atoms with E-state index < -0.39 is 0 Å². The number of hydrazine groups is 1. The van der Waals surface area contributed by atoms with Crippen molar-refractivity contribution in [1.82, 2.24) is 16.2 Å². The van der Waals surface area contributed by atoms with Crippen molar-refractivity contribution in [2.45, 2.75) is 70.8 Å². The quantitative estimate of drug-likeness (QED) is 0.425. The Labute approximate surface area is 153 Å². The summed E-state index contributed by atoms with van der Waals surface area (Å²) in [7, 11) is 0. The first kappa shape index (κ1) is 17.7. The molecule has 0 aliphatic heterocycles. The molecule has 0 saturated heterocycles. The molecule has 1 amide bonds. The van der Waals surface area contributed by atoms with Gasteiger partial charge in [-0.1, -0.05) is 26.2 Å². The Balaban J connectivity index is 1.49. The lowest BCUT2D eigenvalue weighted by atomic mass is 9.86. The summed E-state index contributed by atoms with van der Waals surface area (Å²) in [6, 6.07) is 2.47. The minimum Gasteiger partial charge on any atom is -0.358 e. The largest absolute Gasteiger partial charge is 0.358 e. The molecular weight excluding hydrogens is 338 g/mol. The molecule has 2 atom stereocenters. The number of fused-ring (bicyclic) bond motifs is 1. The Morgan fingerprint density at radius 1 is 1.12 bits per heavy atom. The molecule has 0 unspecified atom stereocenters. The number of nitrogens with one attached hydrogen (secondary N) is 3. The fourth-order valence-electron chi connectivity index (χ4n) is 3.69. The summed E-state index contributed by atoms with van der Waals surface area (Å²) in [5.41, 5.74) is 6.98. The molecule has 0 spiro atoms. The maximum Gasteiger partial charge on any atom is 0.279 e. The lowest BCUT2D eigenvalue weighted by Gasteiger charge is -2.30. The van der Waals surface area contributed by atoms with Crippen LogP contribution >= 0.6 is 23.6 Å². The van der Waals surface area contributed by atoms with Gasteiger partial charge in [-0.2, -0.15) is 0 Å². The van der Waals surface area contributed by atoms with E-state index in [9.17, 15) is 4.79 Å². The highest BCUT2D eigenvalue weighted by Crippen LogP contribution is 2.28. The number of thiophene rings is 1. The maximum absolute atomic E-state index is 12.4. The minimum atomic E-state index is -0.0890. The third kappa shape index (κ3) is 4.48. The summed E-state index contributed by atoms with van der Waals surface area (Å²) in [4.78, 5) is 14.5. The minimum absolute atomic E-state index is 0.0890. The molecule has 3 rings (SSSR count). The molecule has 24 heavy (non-hydrogen) atoms. The van der Waals surface area contributed by atoms with E-state index in [1.54, 1.807) is 11.3 Å². The second-order valence-corrected chi connectivity index (χ2v) is 8.59. The van der Waals surface area contributed by atoms with Crippen molar-refractivity contribution in [3.8, 4) is 0 Å². The fraction of sp³-hybridized carbons (Fsp3) is 0.667. The van der Waals surface area contributed by atoms with Gasteiger partial charge in [0.15, 0.2) is 5.11 Å². The molecule has 4 nitrogen and oxygen atoms in total. The molecule has 132 valence electrons. The van der Waals surface area contributed by atoms with Gasteiger partial charge in [-0.25, -0.2) is 0 Å². The number of amides is 1. The van der Waals surface area contributed by atoms with Gasteiger partial charge in [-0.3, -0.25) is 15.6 Å². The van der Waals surface area contributed by atoms with Gasteiger partial charge in [-0.15, -0.1) is 11.3 Å². The van der Waals surface area contributed by atoms with Crippen LogP contribution in [0, 0.1) is 5.92 Å². The highest BCUT2D eigenvalue weighted by molar-refractivity contribution is 7.80. The van der Waals surface area contributed by atoms with Crippen LogP contribution in [0.15, 0.2) is 6.07 Å². The summed E-state index contributed by atoms with van der Waals surface area (Å²) < 4.78 is 0. The van der Waals surface area contributed by atoms with Crippen molar-refractivity contribution < 1.29 is 4.79 Å². The van der Waals surface area contributed by atoms with E-state index in [1.807, 2.05) is 0 Å². The predicted molar refractivity (Wildman–Crippen MR) is 103 cm³/mol. The average molecular weight is 366 g/mol. The van der Waals surface area contributed by atoms with E-state index >= 15 is 0 Å². The third-order valence-electron chi connectivity index (χ3n) is 5.19. The second-order valence-electron chi connectivity index (χ2n) is 7.04. The van der Waals surface area contributed by atoms with Crippen LogP contribution in [0.2, 0.25) is 0 Å². The van der Waals surface area contributed by atoms with Gasteiger partial charge in [0.2, 0.25) is 0 Å². The van der Waals surface area contributed by atoms with Crippen molar-refractivity contribution in [2.75, 3.05) is 0 Å². The number of rotatable bonds is 2. The van der Waals surface area contributed by atoms with E-state index in [0.29, 0.717) is 17.1 Å². The van der Waals surface area contributed by atoms with Gasteiger partial charge in [0.25, 0.3) is 5.91 Å². The smallest absolute Gasteiger partial charge is 0.279 e. The van der Waals surface area contributed by atoms with Crippen molar-refractivity contribution in [3.05, 3.63) is 21.4 Å². The molecule has 2 aliphatic carbocycles. The highest BCUT2D eigenvalue weighted by atomic mass is 32.1. The lowest BCUT2D eigenvalue weighted by molar-refractivity contribution is 0.0947. The topological polar surface area (TPSA) is 53.2 Å². The third-order valence-corrected chi connectivity index (χ3v) is 6.64. The summed E-state index contributed by atoms with van der Waals surface area (Å²) in [6.07, 6.45) is 10.9. The van der Waals surface area contributed by atoms with Crippen LogP contribution in [-0.4, -0.2) is 17.1 Å². The van der Waals surface area contributed by atoms with Crippen LogP contribution in [0.4, 0.5) is 0 Å². The van der Waals surface area contributed by atoms with Crippen LogP contribution < -0.4 is 16.2 Å². The van der Waals surface area contributed by atoms with Crippen LogP contribution in [0.1, 0.15) is 72.0 Å². The van der Waals surface area contributed by atoms with Gasteiger partial charge in [0, 0.05) is 10.9 Å². The zero-order chi connectivity index (χ0) is 16.9. The first-order valence-corrected chi connectivity index (χ1v) is 10.3. The van der Waals surface area contributed by atoms with E-state index in [1.165, 1.54) is 49.0 Å². The van der Waals surface area contributed by atoms with Crippen LogP contribution in [0.25, 0.3) is 0 Å². The summed E-state index contributed by atoms with van der Waals surface area (Å²) in [6.45, 7) is 2.26. The van der Waals surface area contributed by atoms with E-state index in [2.05, 4.69) is 29.2 Å². The first-order valence-electron chi connectivity index (χ1n) is 9.12. The molecule has 1 fully saturated rings. The molecule has 1 aromatic rings. The molecule has 2 aliphatic rings. The molecule has 1 heterocycles. The van der Waals surface area contributed by atoms with Crippen LogP contribution in [0.5, 0.6) is 0 Å². The molecule has 3 N–H and O–H groups in total. The lowest BCUT2D eigenvalue weighted by Crippen LogP contribution is -2.51. The number of aryl methyl sites for hydroxylation is 2. The second kappa shape index (κ2) is 8.30. The molecule has 0 bridgehead atoms. The van der Waals surface area contributed by atoms with Crippen LogP contribution in [0.3, 0.4) is 0 Å². The highest BCUT2D eigenvalue weighted by Gasteiger charge is 2.22. The molecule has 6 heteroatoms. The zero-order valence-corrected chi connectivity index (χ0v) is 16.0. The molecular formula is C18H27N3OS2. The van der Waals surface area contributed by atoms with Crippen LogP contribution in [-0.2, 0) is 12.8 Å². The molecule has 1 saturated carbocycles. The number of carbonyl (C=O) groups excluding carboxylic acids is 1. The molecule has 1 aromatic heterocycles. The summed E-state index contributed by atoms with van der Waals surface area (Å²) in [5, 5.41) is 3.86. The average Bonchev–Trinajstić information content (AvgIpc) is 2.86. The van der Waals surface area contributed by atoms with Crippen molar-refractivity contribution in [1.29, 1.82) is 0 Å². The van der Waals surface area contributed by atoms with Crippen molar-refractivity contribution >= 4 is 34.6 Å². The number of carbonyl (C=O) groups is 1. The van der Waals surface area contributed by atoms with Gasteiger partial charge >= 0.3 is 0 Å². The molecule has 0 aromatic carbocycles. The first-order chi connectivity index (χ1) is 11.6. The van der Waals surface area contributed by atoms with Crippen molar-refractivity contribution in [3.63, 3.8) is 0 Å². The van der Waals surface area contributed by atoms with Gasteiger partial charge in [0.05, 0.1) is 4.88 Å². The normalized spacial score (nSPS) is 23.7. The number of hydrogen-bond acceptors (Lipinski definition) is 3. The Bertz CT molecular complexity index is 576.